The number of thioether (sulfide) groups is 1. The first-order valence-corrected chi connectivity index (χ1v) is 9.36. The quantitative estimate of drug-likeness (QED) is 0.688. The Balaban J connectivity index is 2.21. The fraction of sp³-hybridized carbons (Fsp3) is 0.0769. The molecule has 5 nitrogen and oxygen atoms in total. The van der Waals surface area contributed by atoms with Crippen LogP contribution in [0, 0.1) is 0 Å². The maximum atomic E-state index is 12.0. The van der Waals surface area contributed by atoms with Crippen LogP contribution < -0.4 is 5.32 Å². The molecule has 1 amide bonds. The summed E-state index contributed by atoms with van der Waals surface area (Å²) in [6, 6.07) is 11.6. The van der Waals surface area contributed by atoms with Crippen LogP contribution in [-0.2, 0) is 10.0 Å². The number of hydrogen-bond donors (Lipinski definition) is 1. The molecule has 0 saturated carbocycles. The molecule has 0 saturated heterocycles. The predicted molar refractivity (Wildman–Crippen MR) is 86.4 cm³/mol. The van der Waals surface area contributed by atoms with Crippen LogP contribution in [0.15, 0.2) is 56.5 Å². The molecule has 0 radical (unpaired) electrons. The third-order valence-electron chi connectivity index (χ3n) is 2.40. The molecule has 21 heavy (non-hydrogen) atoms. The predicted octanol–water partition coefficient (Wildman–Crippen LogP) is 2.59. The minimum Gasteiger partial charge on any atom is -0.300 e. The number of rotatable bonds is 3. The second kappa shape index (κ2) is 6.88. The summed E-state index contributed by atoms with van der Waals surface area (Å²) in [5, 5.41) is 4.20. The largest absolute Gasteiger partial charge is 0.300 e. The summed E-state index contributed by atoms with van der Waals surface area (Å²) in [4.78, 5) is 12.0. The third-order valence-corrected chi connectivity index (χ3v) is 5.75. The fourth-order valence-corrected chi connectivity index (χ4v) is 4.04. The Kier molecular flexibility index (Phi) is 5.16. The van der Waals surface area contributed by atoms with Crippen molar-refractivity contribution < 1.29 is 13.2 Å². The zero-order chi connectivity index (χ0) is 15.3. The monoisotopic (exact) mass is 340 g/mol. The lowest BCUT2D eigenvalue weighted by atomic mass is 10.2. The van der Waals surface area contributed by atoms with Gasteiger partial charge in [-0.05, 0) is 29.8 Å². The Morgan fingerprint density at radius 1 is 1.19 bits per heavy atom. The van der Waals surface area contributed by atoms with Crippen molar-refractivity contribution in [2.45, 2.75) is 4.21 Å². The first-order chi connectivity index (χ1) is 10.0. The zero-order valence-corrected chi connectivity index (χ0v) is 13.5. The van der Waals surface area contributed by atoms with Crippen molar-refractivity contribution in [3.63, 3.8) is 0 Å². The van der Waals surface area contributed by atoms with Gasteiger partial charge in [0.05, 0.1) is 0 Å². The van der Waals surface area contributed by atoms with Crippen molar-refractivity contribution in [3.05, 3.63) is 53.4 Å². The normalized spacial score (nSPS) is 12.1. The molecule has 1 N–H and O–H groups in total. The first kappa shape index (κ1) is 15.7. The number of benzene rings is 1. The highest BCUT2D eigenvalue weighted by molar-refractivity contribution is 8.14. The highest BCUT2D eigenvalue weighted by Crippen LogP contribution is 2.19. The van der Waals surface area contributed by atoms with Gasteiger partial charge in [0.25, 0.3) is 15.9 Å². The molecule has 0 unspecified atom stereocenters. The van der Waals surface area contributed by atoms with E-state index >= 15 is 0 Å². The maximum Gasteiger partial charge on any atom is 0.294 e. The number of carbonyl (C=O) groups excluding carboxylic acids is 1. The summed E-state index contributed by atoms with van der Waals surface area (Å²) < 4.78 is 27.9. The topological polar surface area (TPSA) is 75.6 Å². The lowest BCUT2D eigenvalue weighted by molar-refractivity contribution is 0.0978. The van der Waals surface area contributed by atoms with Gasteiger partial charge in [-0.3, -0.25) is 4.79 Å². The van der Waals surface area contributed by atoms with E-state index in [4.69, 9.17) is 0 Å². The van der Waals surface area contributed by atoms with Gasteiger partial charge in [0, 0.05) is 5.56 Å². The molecule has 0 fully saturated rings. The van der Waals surface area contributed by atoms with Crippen molar-refractivity contribution in [2.75, 3.05) is 6.26 Å². The van der Waals surface area contributed by atoms with Crippen LogP contribution in [0.25, 0.3) is 0 Å². The minimum absolute atomic E-state index is 0.0391. The SMILES string of the molecule is CSC(=NS(=O)(=O)c1cccs1)NC(=O)c1ccccc1. The average Bonchev–Trinajstić information content (AvgIpc) is 3.02. The molecule has 0 aliphatic rings. The lowest BCUT2D eigenvalue weighted by Crippen LogP contribution is -2.28. The third kappa shape index (κ3) is 4.16. The molecule has 1 heterocycles. The molecule has 0 spiro atoms. The Hall–Kier alpha value is -1.64. The van der Waals surface area contributed by atoms with E-state index in [0.29, 0.717) is 5.56 Å². The van der Waals surface area contributed by atoms with Crippen molar-refractivity contribution in [1.82, 2.24) is 5.32 Å². The summed E-state index contributed by atoms with van der Waals surface area (Å²) in [7, 11) is -3.79. The highest BCUT2D eigenvalue weighted by atomic mass is 32.2. The smallest absolute Gasteiger partial charge is 0.294 e. The molecule has 1 aromatic heterocycles. The highest BCUT2D eigenvalue weighted by Gasteiger charge is 2.16. The van der Waals surface area contributed by atoms with Crippen LogP contribution in [0.2, 0.25) is 0 Å². The van der Waals surface area contributed by atoms with Crippen LogP contribution in [-0.4, -0.2) is 25.7 Å². The molecule has 2 aromatic rings. The van der Waals surface area contributed by atoms with E-state index in [1.165, 1.54) is 6.07 Å². The van der Waals surface area contributed by atoms with Gasteiger partial charge < -0.3 is 5.32 Å². The van der Waals surface area contributed by atoms with E-state index in [9.17, 15) is 13.2 Å². The number of carbonyl (C=O) groups is 1. The number of amides is 1. The Morgan fingerprint density at radius 2 is 1.90 bits per heavy atom. The molecule has 0 atom stereocenters. The average molecular weight is 340 g/mol. The van der Waals surface area contributed by atoms with Crippen LogP contribution in [0.1, 0.15) is 10.4 Å². The van der Waals surface area contributed by atoms with Crippen LogP contribution in [0.5, 0.6) is 0 Å². The van der Waals surface area contributed by atoms with Crippen molar-refractivity contribution in [3.8, 4) is 0 Å². The standard InChI is InChI=1S/C13H12N2O3S3/c1-19-13(14-12(16)10-6-3-2-4-7-10)15-21(17,18)11-8-5-9-20-11/h2-9H,1H3,(H,14,15,16). The summed E-state index contributed by atoms with van der Waals surface area (Å²) >= 11 is 2.14. The second-order valence-corrected chi connectivity index (χ2v) is 7.40. The van der Waals surface area contributed by atoms with Crippen LogP contribution in [0.4, 0.5) is 0 Å². The molecule has 0 aliphatic carbocycles. The number of thiophene rings is 1. The van der Waals surface area contributed by atoms with Gasteiger partial charge in [0.15, 0.2) is 5.17 Å². The Labute approximate surface area is 131 Å². The van der Waals surface area contributed by atoms with E-state index in [2.05, 4.69) is 9.71 Å². The molecule has 8 heteroatoms. The van der Waals surface area contributed by atoms with Crippen molar-refractivity contribution in [1.29, 1.82) is 0 Å². The summed E-state index contributed by atoms with van der Waals surface area (Å²) in [5.41, 5.74) is 0.438. The van der Waals surface area contributed by atoms with Gasteiger partial charge in [0.1, 0.15) is 4.21 Å². The molecular weight excluding hydrogens is 328 g/mol. The number of nitrogens with one attached hydrogen (secondary N) is 1. The summed E-state index contributed by atoms with van der Waals surface area (Å²) in [6.45, 7) is 0. The molecule has 0 aliphatic heterocycles. The Morgan fingerprint density at radius 3 is 2.48 bits per heavy atom. The lowest BCUT2D eigenvalue weighted by Gasteiger charge is -2.06. The maximum absolute atomic E-state index is 12.0. The van der Waals surface area contributed by atoms with Gasteiger partial charge in [-0.15, -0.1) is 15.7 Å². The zero-order valence-electron chi connectivity index (χ0n) is 11.0. The van der Waals surface area contributed by atoms with Gasteiger partial charge in [0.2, 0.25) is 0 Å². The molecule has 0 bridgehead atoms. The van der Waals surface area contributed by atoms with E-state index < -0.39 is 15.9 Å². The van der Waals surface area contributed by atoms with Crippen molar-refractivity contribution in [2.24, 2.45) is 4.40 Å². The summed E-state index contributed by atoms with van der Waals surface area (Å²) in [5.74, 6) is -0.398. The number of hydrogen-bond acceptors (Lipinski definition) is 5. The molecule has 110 valence electrons. The van der Waals surface area contributed by atoms with Gasteiger partial charge in [-0.25, -0.2) is 0 Å². The Bertz CT molecular complexity index is 738. The molecule has 2 rings (SSSR count). The van der Waals surface area contributed by atoms with E-state index in [1.807, 2.05) is 0 Å². The fourth-order valence-electron chi connectivity index (χ4n) is 1.43. The molecular formula is C13H12N2O3S3. The second-order valence-electron chi connectivity index (χ2n) is 3.83. The first-order valence-electron chi connectivity index (χ1n) is 5.82. The minimum atomic E-state index is -3.79. The van der Waals surface area contributed by atoms with Gasteiger partial charge in [-0.1, -0.05) is 36.0 Å². The number of amidine groups is 1. The van der Waals surface area contributed by atoms with E-state index in [-0.39, 0.29) is 9.38 Å². The summed E-state index contributed by atoms with van der Waals surface area (Å²) in [6.07, 6.45) is 1.65. The van der Waals surface area contributed by atoms with Crippen LogP contribution >= 0.6 is 23.1 Å². The van der Waals surface area contributed by atoms with Gasteiger partial charge >= 0.3 is 0 Å². The van der Waals surface area contributed by atoms with Gasteiger partial charge in [-0.2, -0.15) is 8.42 Å². The molecule has 1 aromatic carbocycles. The van der Waals surface area contributed by atoms with Crippen LogP contribution in [0.3, 0.4) is 0 Å². The van der Waals surface area contributed by atoms with E-state index in [1.54, 1.807) is 48.0 Å². The van der Waals surface area contributed by atoms with Crippen molar-refractivity contribution >= 4 is 44.2 Å². The number of nitrogens with zero attached hydrogens (tertiary/aromatic N) is 1. The van der Waals surface area contributed by atoms with E-state index in [0.717, 1.165) is 23.1 Å². The number of sulfonamides is 1.